The van der Waals surface area contributed by atoms with Gasteiger partial charge in [-0.15, -0.1) is 0 Å². The number of para-hydroxylation sites is 2. The summed E-state index contributed by atoms with van der Waals surface area (Å²) in [7, 11) is 1.56. The molecule has 1 aliphatic heterocycles. The van der Waals surface area contributed by atoms with Gasteiger partial charge in [-0.1, -0.05) is 72.8 Å². The third-order valence-corrected chi connectivity index (χ3v) is 5.69. The molecule has 2 amide bonds. The van der Waals surface area contributed by atoms with Crippen molar-refractivity contribution in [1.29, 1.82) is 0 Å². The Morgan fingerprint density at radius 3 is 2.41 bits per heavy atom. The first-order valence-corrected chi connectivity index (χ1v) is 10.8. The maximum Gasteiger partial charge on any atom is 0.282 e. The van der Waals surface area contributed by atoms with E-state index in [0.717, 1.165) is 16.3 Å². The fraction of sp³-hybridized carbons (Fsp3) is 0.0714. The lowest BCUT2D eigenvalue weighted by Gasteiger charge is -2.15. The van der Waals surface area contributed by atoms with Crippen LogP contribution in [0.3, 0.4) is 0 Å². The van der Waals surface area contributed by atoms with E-state index >= 15 is 0 Å². The lowest BCUT2D eigenvalue weighted by Crippen LogP contribution is -2.35. The van der Waals surface area contributed by atoms with Crippen molar-refractivity contribution in [2.75, 3.05) is 12.1 Å². The molecule has 0 aromatic heterocycles. The Hall–Kier alpha value is -4.58. The average Bonchev–Trinajstić information content (AvgIpc) is 3.16. The lowest BCUT2D eigenvalue weighted by atomic mass is 10.1. The molecule has 6 heteroatoms. The Morgan fingerprint density at radius 2 is 1.59 bits per heavy atom. The smallest absolute Gasteiger partial charge is 0.282 e. The van der Waals surface area contributed by atoms with Crippen LogP contribution in [0.5, 0.6) is 11.5 Å². The third-order valence-electron chi connectivity index (χ3n) is 5.69. The van der Waals surface area contributed by atoms with Gasteiger partial charge in [0.1, 0.15) is 12.2 Å². The summed E-state index contributed by atoms with van der Waals surface area (Å²) < 4.78 is 11.7. The summed E-state index contributed by atoms with van der Waals surface area (Å²) in [6.45, 7) is 0.300. The molecule has 34 heavy (non-hydrogen) atoms. The number of carbonyl (C=O) groups excluding carboxylic acids is 2. The van der Waals surface area contributed by atoms with Gasteiger partial charge in [0.05, 0.1) is 12.8 Å². The molecule has 6 nitrogen and oxygen atoms in total. The number of hydrogen-bond acceptors (Lipinski definition) is 4. The number of hydrazine groups is 1. The number of nitrogens with zero attached hydrogens (tertiary/aromatic N) is 1. The summed E-state index contributed by atoms with van der Waals surface area (Å²) in [5.74, 6) is 0.0697. The molecule has 0 aliphatic carbocycles. The van der Waals surface area contributed by atoms with Crippen LogP contribution in [0.4, 0.5) is 5.69 Å². The number of fused-ring (bicyclic) bond motifs is 1. The number of ether oxygens (including phenoxy) is 2. The number of anilines is 1. The molecule has 4 aromatic carbocycles. The quantitative estimate of drug-likeness (QED) is 0.336. The van der Waals surface area contributed by atoms with Crippen LogP contribution in [0.1, 0.15) is 11.1 Å². The van der Waals surface area contributed by atoms with Crippen molar-refractivity contribution in [2.24, 2.45) is 0 Å². The minimum Gasteiger partial charge on any atom is -0.493 e. The van der Waals surface area contributed by atoms with E-state index in [4.69, 9.17) is 9.47 Å². The van der Waals surface area contributed by atoms with E-state index in [-0.39, 0.29) is 5.57 Å². The first-order valence-electron chi connectivity index (χ1n) is 10.8. The van der Waals surface area contributed by atoms with E-state index in [9.17, 15) is 9.59 Å². The van der Waals surface area contributed by atoms with Crippen LogP contribution in [-0.4, -0.2) is 18.9 Å². The Bertz CT molecular complexity index is 1410. The minimum absolute atomic E-state index is 0.0205. The second-order valence-corrected chi connectivity index (χ2v) is 7.78. The number of benzene rings is 4. The Morgan fingerprint density at radius 1 is 0.853 bits per heavy atom. The summed E-state index contributed by atoms with van der Waals surface area (Å²) in [5, 5.41) is 3.47. The molecule has 168 valence electrons. The van der Waals surface area contributed by atoms with Gasteiger partial charge in [0, 0.05) is 5.56 Å². The van der Waals surface area contributed by atoms with Gasteiger partial charge in [-0.25, -0.2) is 5.01 Å². The maximum absolute atomic E-state index is 13.0. The van der Waals surface area contributed by atoms with Crippen molar-refractivity contribution in [3.8, 4) is 11.5 Å². The molecule has 5 rings (SSSR count). The molecule has 4 aromatic rings. The standard InChI is InChI=1S/C28H22N2O4/c1-33-25-16-8-11-20(17-24-27(31)29-30(28(24)32)22-13-3-2-4-14-22)26(25)34-18-21-12-7-10-19-9-5-6-15-23(19)21/h2-17H,18H2,1H3,(H,29,31)/b24-17+. The lowest BCUT2D eigenvalue weighted by molar-refractivity contribution is -0.117. The van der Waals surface area contributed by atoms with Crippen LogP contribution in [0, 0.1) is 0 Å². The van der Waals surface area contributed by atoms with Crippen molar-refractivity contribution in [3.05, 3.63) is 108 Å². The van der Waals surface area contributed by atoms with Gasteiger partial charge < -0.3 is 9.47 Å². The van der Waals surface area contributed by atoms with Crippen LogP contribution in [0.15, 0.2) is 96.6 Å². The summed E-state index contributed by atoms with van der Waals surface area (Å²) in [4.78, 5) is 25.7. The molecule has 0 spiro atoms. The molecule has 1 N–H and O–H groups in total. The van der Waals surface area contributed by atoms with Crippen molar-refractivity contribution in [1.82, 2.24) is 5.43 Å². The van der Waals surface area contributed by atoms with Crippen LogP contribution in [0.2, 0.25) is 0 Å². The Kier molecular flexibility index (Phi) is 5.70. The second-order valence-electron chi connectivity index (χ2n) is 7.78. The van der Waals surface area contributed by atoms with Crippen molar-refractivity contribution >= 4 is 34.4 Å². The van der Waals surface area contributed by atoms with Gasteiger partial charge in [-0.3, -0.25) is 15.0 Å². The zero-order valence-electron chi connectivity index (χ0n) is 18.5. The first-order chi connectivity index (χ1) is 16.7. The topological polar surface area (TPSA) is 67.9 Å². The number of hydrogen-bond donors (Lipinski definition) is 1. The minimum atomic E-state index is -0.475. The fourth-order valence-electron chi connectivity index (χ4n) is 4.00. The Labute approximate surface area is 197 Å². The van der Waals surface area contributed by atoms with Gasteiger partial charge in [-0.2, -0.15) is 0 Å². The molecule has 1 saturated heterocycles. The zero-order chi connectivity index (χ0) is 23.5. The van der Waals surface area contributed by atoms with Crippen molar-refractivity contribution in [3.63, 3.8) is 0 Å². The molecule has 1 heterocycles. The van der Waals surface area contributed by atoms with E-state index in [0.29, 0.717) is 29.4 Å². The highest BCUT2D eigenvalue weighted by atomic mass is 16.5. The molecule has 0 radical (unpaired) electrons. The average molecular weight is 450 g/mol. The van der Waals surface area contributed by atoms with Crippen LogP contribution >= 0.6 is 0 Å². The van der Waals surface area contributed by atoms with Crippen molar-refractivity contribution < 1.29 is 19.1 Å². The van der Waals surface area contributed by atoms with E-state index < -0.39 is 11.8 Å². The molecular weight excluding hydrogens is 428 g/mol. The largest absolute Gasteiger partial charge is 0.493 e. The number of amides is 2. The molecule has 0 unspecified atom stereocenters. The fourth-order valence-corrected chi connectivity index (χ4v) is 4.00. The van der Waals surface area contributed by atoms with Crippen molar-refractivity contribution in [2.45, 2.75) is 6.61 Å². The van der Waals surface area contributed by atoms with Gasteiger partial charge >= 0.3 is 0 Å². The van der Waals surface area contributed by atoms with E-state index in [1.807, 2.05) is 30.3 Å². The highest BCUT2D eigenvalue weighted by Gasteiger charge is 2.34. The molecule has 0 saturated carbocycles. The number of methoxy groups -OCH3 is 1. The summed E-state index contributed by atoms with van der Waals surface area (Å²) in [5.41, 5.74) is 4.82. The normalized spacial score (nSPS) is 14.5. The SMILES string of the molecule is COc1cccc(/C=C2\C(=O)NN(c3ccccc3)C2=O)c1OCc1cccc2ccccc12. The third kappa shape index (κ3) is 3.97. The monoisotopic (exact) mass is 450 g/mol. The maximum atomic E-state index is 13.0. The summed E-state index contributed by atoms with van der Waals surface area (Å²) >= 11 is 0. The highest BCUT2D eigenvalue weighted by molar-refractivity contribution is 6.31. The van der Waals surface area contributed by atoms with Crippen LogP contribution < -0.4 is 19.9 Å². The van der Waals surface area contributed by atoms with E-state index in [1.165, 1.54) is 5.01 Å². The number of rotatable bonds is 6. The summed E-state index contributed by atoms with van der Waals surface area (Å²) in [6.07, 6.45) is 1.54. The molecule has 0 bridgehead atoms. The van der Waals surface area contributed by atoms with E-state index in [2.05, 4.69) is 23.6 Å². The first kappa shape index (κ1) is 21.3. The predicted molar refractivity (Wildman–Crippen MR) is 131 cm³/mol. The van der Waals surface area contributed by atoms with Gasteiger partial charge in [0.15, 0.2) is 11.5 Å². The van der Waals surface area contributed by atoms with Gasteiger partial charge in [-0.05, 0) is 40.6 Å². The second kappa shape index (κ2) is 9.11. The predicted octanol–water partition coefficient (Wildman–Crippen LogP) is 4.89. The zero-order valence-corrected chi connectivity index (χ0v) is 18.5. The number of carbonyl (C=O) groups is 2. The molecule has 0 atom stereocenters. The molecular formula is C28H22N2O4. The van der Waals surface area contributed by atoms with Crippen LogP contribution in [-0.2, 0) is 16.2 Å². The Balaban J connectivity index is 1.48. The van der Waals surface area contributed by atoms with Gasteiger partial charge in [0.25, 0.3) is 11.8 Å². The summed E-state index contributed by atoms with van der Waals surface area (Å²) in [6, 6.07) is 28.5. The van der Waals surface area contributed by atoms with Crippen LogP contribution in [0.25, 0.3) is 16.8 Å². The molecule has 1 aliphatic rings. The van der Waals surface area contributed by atoms with E-state index in [1.54, 1.807) is 55.7 Å². The molecule has 1 fully saturated rings. The highest BCUT2D eigenvalue weighted by Crippen LogP contribution is 2.35. The van der Waals surface area contributed by atoms with Gasteiger partial charge in [0.2, 0.25) is 0 Å². The number of nitrogens with one attached hydrogen (secondary N) is 1.